The largest absolute Gasteiger partial charge is 0.456 e. The van der Waals surface area contributed by atoms with Crippen LogP contribution in [0.15, 0.2) is 34.9 Å². The molecule has 2 saturated heterocycles. The van der Waals surface area contributed by atoms with Gasteiger partial charge >= 0.3 is 5.97 Å². The molecule has 7 N–H and O–H groups in total. The molecule has 3 rings (SSSR count). The minimum Gasteiger partial charge on any atom is -0.456 e. The minimum atomic E-state index is -2.52. The number of amides is 1. The van der Waals surface area contributed by atoms with Crippen LogP contribution in [0.1, 0.15) is 133 Å². The normalized spacial score (nSPS) is 39.1. The molecule has 2 fully saturated rings. The van der Waals surface area contributed by atoms with E-state index in [9.17, 15) is 50.1 Å². The lowest BCUT2D eigenvalue weighted by Crippen LogP contribution is -2.61. The first kappa shape index (κ1) is 49.9. The maximum Gasteiger partial charge on any atom is 0.329 e. The van der Waals surface area contributed by atoms with Gasteiger partial charge in [-0.1, -0.05) is 59.8 Å². The van der Waals surface area contributed by atoms with E-state index < -0.39 is 90.2 Å². The van der Waals surface area contributed by atoms with Crippen molar-refractivity contribution in [3.63, 3.8) is 0 Å². The fraction of sp³-hybridized carbons (Fsp3) is 0.800. The van der Waals surface area contributed by atoms with Gasteiger partial charge < -0.3 is 50.1 Å². The average Bonchev–Trinajstić information content (AvgIpc) is 3.17. The maximum absolute atomic E-state index is 14.1. The molecular formula is C45H75NO12. The second-order valence-corrected chi connectivity index (χ2v) is 18.0. The second-order valence-electron chi connectivity index (χ2n) is 18.0. The zero-order valence-electron chi connectivity index (χ0n) is 36.4. The van der Waals surface area contributed by atoms with Gasteiger partial charge in [0.15, 0.2) is 0 Å². The van der Waals surface area contributed by atoms with Gasteiger partial charge in [-0.25, -0.2) is 4.79 Å². The molecule has 58 heavy (non-hydrogen) atoms. The molecule has 13 heteroatoms. The Morgan fingerprint density at radius 2 is 1.60 bits per heavy atom. The molecule has 2 bridgehead atoms. The van der Waals surface area contributed by atoms with Crippen LogP contribution in [0, 0.1) is 29.6 Å². The van der Waals surface area contributed by atoms with Gasteiger partial charge in [-0.2, -0.15) is 0 Å². The zero-order chi connectivity index (χ0) is 43.6. The number of ether oxygens (including phenoxy) is 2. The van der Waals surface area contributed by atoms with Crippen LogP contribution in [0.4, 0.5) is 0 Å². The standard InChI is InChI=1S/C45H75NO12/c1-10-33-15-17-40(28(5)21-26(3)32(9)47)57-44(55)36-13-11-12-18-46(36)43(54)42(53)45(56)30(7)14-16-35(58-45)24-39(51)31(8)38(50)23-34(48)22-37(49)27(4)19-25(2)20-29(6)41(33)52/h15,19,21,25-26,29-32,34-41,47-52,56H,10-14,16-18,20,22-24H2,1-9H3. The topological polar surface area (TPSA) is 215 Å². The molecule has 3 aliphatic heterocycles. The van der Waals surface area contributed by atoms with E-state index in [-0.39, 0.29) is 56.4 Å². The number of cyclic esters (lactones) is 1. The zero-order valence-corrected chi connectivity index (χ0v) is 36.4. The van der Waals surface area contributed by atoms with Crippen molar-refractivity contribution in [3.05, 3.63) is 34.9 Å². The van der Waals surface area contributed by atoms with E-state index in [4.69, 9.17) is 9.47 Å². The molecule has 0 radical (unpaired) electrons. The quantitative estimate of drug-likeness (QED) is 0.120. The lowest BCUT2D eigenvalue weighted by atomic mass is 9.83. The van der Waals surface area contributed by atoms with Crippen LogP contribution < -0.4 is 0 Å². The van der Waals surface area contributed by atoms with E-state index in [1.54, 1.807) is 34.6 Å². The predicted molar refractivity (Wildman–Crippen MR) is 220 cm³/mol. The third kappa shape index (κ3) is 13.3. The summed E-state index contributed by atoms with van der Waals surface area (Å²) in [4.78, 5) is 43.3. The molecule has 332 valence electrons. The highest BCUT2D eigenvalue weighted by molar-refractivity contribution is 6.39. The molecule has 15 atom stereocenters. The van der Waals surface area contributed by atoms with Crippen molar-refractivity contribution in [2.24, 2.45) is 29.6 Å². The van der Waals surface area contributed by atoms with Crippen molar-refractivity contribution in [2.45, 2.75) is 194 Å². The number of aliphatic hydroxyl groups excluding tert-OH is 6. The number of hydrogen-bond acceptors (Lipinski definition) is 12. The fourth-order valence-corrected chi connectivity index (χ4v) is 8.63. The summed E-state index contributed by atoms with van der Waals surface area (Å²) in [5.41, 5.74) is 2.08. The highest BCUT2D eigenvalue weighted by atomic mass is 16.6. The molecule has 13 nitrogen and oxygen atoms in total. The van der Waals surface area contributed by atoms with Crippen molar-refractivity contribution in [1.29, 1.82) is 0 Å². The number of carbonyl (C=O) groups excluding carboxylic acids is 3. The Kier molecular flexibility index (Phi) is 19.2. The SMILES string of the molecule is CCC1=CCC(C(C)=CC(C)C(C)O)OC(=O)C2CCCCN2C(=O)C(=O)C2(O)OC(CCC2C)CC(O)C(C)C(O)CC(O)CC(O)C(C)=CC(C)CC(C)C1O. The van der Waals surface area contributed by atoms with Crippen molar-refractivity contribution < 1.29 is 59.6 Å². The second kappa shape index (κ2) is 22.4. The molecule has 3 heterocycles. The Hall–Kier alpha value is -2.49. The van der Waals surface area contributed by atoms with E-state index in [0.29, 0.717) is 49.7 Å². The Morgan fingerprint density at radius 1 is 0.948 bits per heavy atom. The Bertz CT molecular complexity index is 1460. The molecule has 0 aliphatic carbocycles. The highest BCUT2D eigenvalue weighted by Gasteiger charge is 2.53. The van der Waals surface area contributed by atoms with Gasteiger partial charge in [0.05, 0.1) is 42.7 Å². The maximum atomic E-state index is 14.1. The first-order chi connectivity index (χ1) is 27.1. The van der Waals surface area contributed by atoms with Crippen LogP contribution in [0.25, 0.3) is 0 Å². The third-order valence-corrected chi connectivity index (χ3v) is 13.0. The van der Waals surface area contributed by atoms with Crippen LogP contribution in [-0.4, -0.2) is 126 Å². The number of esters is 1. The number of carbonyl (C=O) groups is 3. The molecule has 0 spiro atoms. The number of allylic oxidation sites excluding steroid dienone is 1. The number of rotatable bonds is 4. The summed E-state index contributed by atoms with van der Waals surface area (Å²) in [5.74, 6) is -7.51. The van der Waals surface area contributed by atoms with Crippen LogP contribution >= 0.6 is 0 Å². The van der Waals surface area contributed by atoms with Crippen LogP contribution in [0.5, 0.6) is 0 Å². The van der Waals surface area contributed by atoms with E-state index in [0.717, 1.165) is 5.57 Å². The molecule has 1 amide bonds. The minimum absolute atomic E-state index is 0.0316. The van der Waals surface area contributed by atoms with Gasteiger partial charge in [0.25, 0.3) is 11.7 Å². The number of aliphatic hydroxyl groups is 7. The molecule has 0 aromatic heterocycles. The fourth-order valence-electron chi connectivity index (χ4n) is 8.63. The molecular weight excluding hydrogens is 746 g/mol. The smallest absolute Gasteiger partial charge is 0.329 e. The Balaban J connectivity index is 2.04. The van der Waals surface area contributed by atoms with E-state index in [1.165, 1.54) is 4.90 Å². The molecule has 0 aromatic rings. The van der Waals surface area contributed by atoms with Gasteiger partial charge in [-0.3, -0.25) is 9.59 Å². The summed E-state index contributed by atoms with van der Waals surface area (Å²) in [6.45, 7) is 16.3. The number of Topliss-reactive ketones (excluding diaryl/α,β-unsaturated/α-hetero) is 1. The lowest BCUT2D eigenvalue weighted by Gasteiger charge is -2.43. The van der Waals surface area contributed by atoms with Gasteiger partial charge in [0, 0.05) is 37.1 Å². The first-order valence-corrected chi connectivity index (χ1v) is 21.7. The Morgan fingerprint density at radius 3 is 2.24 bits per heavy atom. The summed E-state index contributed by atoms with van der Waals surface area (Å²) in [6, 6.07) is -1.10. The van der Waals surface area contributed by atoms with Crippen LogP contribution in [0.3, 0.4) is 0 Å². The third-order valence-electron chi connectivity index (χ3n) is 13.0. The number of nitrogens with zero attached hydrogens (tertiary/aromatic N) is 1. The van der Waals surface area contributed by atoms with Crippen LogP contribution in [0.2, 0.25) is 0 Å². The summed E-state index contributed by atoms with van der Waals surface area (Å²) in [6.07, 6.45) is 1.31. The number of hydrogen-bond donors (Lipinski definition) is 7. The summed E-state index contributed by atoms with van der Waals surface area (Å²) >= 11 is 0. The first-order valence-electron chi connectivity index (χ1n) is 21.7. The van der Waals surface area contributed by atoms with Gasteiger partial charge in [-0.05, 0) is 107 Å². The van der Waals surface area contributed by atoms with Crippen LogP contribution in [-0.2, 0) is 23.9 Å². The number of ketones is 1. The summed E-state index contributed by atoms with van der Waals surface area (Å²) < 4.78 is 12.1. The van der Waals surface area contributed by atoms with Gasteiger partial charge in [0.1, 0.15) is 12.1 Å². The highest BCUT2D eigenvalue weighted by Crippen LogP contribution is 2.37. The molecule has 0 aromatic carbocycles. The van der Waals surface area contributed by atoms with Crippen molar-refractivity contribution in [3.8, 4) is 0 Å². The van der Waals surface area contributed by atoms with Crippen molar-refractivity contribution in [1.82, 2.24) is 4.90 Å². The number of piperidine rings is 1. The summed E-state index contributed by atoms with van der Waals surface area (Å²) in [5, 5.41) is 77.5. The van der Waals surface area contributed by atoms with Gasteiger partial charge in [0.2, 0.25) is 5.79 Å². The van der Waals surface area contributed by atoms with Gasteiger partial charge in [-0.15, -0.1) is 0 Å². The average molecular weight is 822 g/mol. The van der Waals surface area contributed by atoms with Crippen molar-refractivity contribution >= 4 is 17.7 Å². The Labute approximate surface area is 346 Å². The predicted octanol–water partition coefficient (Wildman–Crippen LogP) is 4.27. The molecule has 0 saturated carbocycles. The monoisotopic (exact) mass is 822 g/mol. The van der Waals surface area contributed by atoms with E-state index in [2.05, 4.69) is 0 Å². The molecule has 15 unspecified atom stereocenters. The van der Waals surface area contributed by atoms with E-state index >= 15 is 0 Å². The van der Waals surface area contributed by atoms with Crippen molar-refractivity contribution in [2.75, 3.05) is 6.54 Å². The summed E-state index contributed by atoms with van der Waals surface area (Å²) in [7, 11) is 0. The van der Waals surface area contributed by atoms with E-state index in [1.807, 2.05) is 45.9 Å². The lowest BCUT2D eigenvalue weighted by molar-refractivity contribution is -0.266. The molecule has 3 aliphatic rings. The number of fused-ring (bicyclic) bond motifs is 3.